The van der Waals surface area contributed by atoms with Gasteiger partial charge in [-0.15, -0.1) is 0 Å². The third kappa shape index (κ3) is 3.17. The molecule has 2 N–H and O–H groups in total. The van der Waals surface area contributed by atoms with Crippen molar-refractivity contribution in [3.8, 4) is 0 Å². The summed E-state index contributed by atoms with van der Waals surface area (Å²) in [6, 6.07) is 3.71. The van der Waals surface area contributed by atoms with E-state index in [1.807, 2.05) is 14.1 Å². The number of hydrogen-bond donors (Lipinski definition) is 1. The van der Waals surface area contributed by atoms with E-state index in [2.05, 4.69) is 9.88 Å². The maximum atomic E-state index is 12.5. The average molecular weight is 298 g/mol. The van der Waals surface area contributed by atoms with Gasteiger partial charge in [-0.3, -0.25) is 4.98 Å². The molecule has 1 aromatic heterocycles. The van der Waals surface area contributed by atoms with Crippen LogP contribution in [0.25, 0.3) is 0 Å². The van der Waals surface area contributed by atoms with Crippen molar-refractivity contribution < 1.29 is 8.42 Å². The minimum Gasteiger partial charge on any atom is -0.325 e. The molecule has 1 aliphatic rings. The van der Waals surface area contributed by atoms with Gasteiger partial charge in [0.15, 0.2) is 0 Å². The zero-order valence-electron chi connectivity index (χ0n) is 12.0. The van der Waals surface area contributed by atoms with Crippen LogP contribution in [0.5, 0.6) is 0 Å². The summed E-state index contributed by atoms with van der Waals surface area (Å²) in [7, 11) is 0.639. The third-order valence-corrected chi connectivity index (χ3v) is 5.68. The Balaban J connectivity index is 2.11. The third-order valence-electron chi connectivity index (χ3n) is 3.80. The first-order valence-electron chi connectivity index (χ1n) is 6.76. The molecule has 0 aliphatic carbocycles. The zero-order chi connectivity index (χ0) is 14.8. The highest BCUT2D eigenvalue weighted by atomic mass is 32.2. The first kappa shape index (κ1) is 15.4. The van der Waals surface area contributed by atoms with E-state index in [4.69, 9.17) is 5.73 Å². The first-order chi connectivity index (χ1) is 9.45. The van der Waals surface area contributed by atoms with Crippen LogP contribution in [0.3, 0.4) is 0 Å². The van der Waals surface area contributed by atoms with Crippen LogP contribution in [0.2, 0.25) is 0 Å². The van der Waals surface area contributed by atoms with Gasteiger partial charge in [-0.1, -0.05) is 0 Å². The summed E-state index contributed by atoms with van der Waals surface area (Å²) in [5.41, 5.74) is 6.16. The molecule has 112 valence electrons. The van der Waals surface area contributed by atoms with Crippen molar-refractivity contribution in [3.63, 3.8) is 0 Å². The summed E-state index contributed by atoms with van der Waals surface area (Å²) >= 11 is 0. The minimum atomic E-state index is -3.42. The zero-order valence-corrected chi connectivity index (χ0v) is 12.8. The molecule has 0 aromatic carbocycles. The van der Waals surface area contributed by atoms with E-state index in [-0.39, 0.29) is 4.90 Å². The van der Waals surface area contributed by atoms with Gasteiger partial charge in [0.2, 0.25) is 10.0 Å². The fourth-order valence-electron chi connectivity index (χ4n) is 2.43. The fourth-order valence-corrected chi connectivity index (χ4v) is 3.85. The smallest absolute Gasteiger partial charge is 0.244 e. The number of pyridine rings is 1. The molecule has 1 aromatic rings. The molecule has 0 saturated carbocycles. The molecule has 6 nitrogen and oxygen atoms in total. The van der Waals surface area contributed by atoms with Crippen molar-refractivity contribution in [1.29, 1.82) is 0 Å². The second kappa shape index (κ2) is 6.17. The van der Waals surface area contributed by atoms with Crippen LogP contribution >= 0.6 is 0 Å². The predicted octanol–water partition coefficient (Wildman–Crippen LogP) is 0.255. The molecule has 1 saturated heterocycles. The number of nitrogens with two attached hydrogens (primary N) is 1. The predicted molar refractivity (Wildman–Crippen MR) is 77.6 cm³/mol. The van der Waals surface area contributed by atoms with Crippen LogP contribution in [0.15, 0.2) is 23.2 Å². The van der Waals surface area contributed by atoms with E-state index in [0.29, 0.717) is 31.4 Å². The van der Waals surface area contributed by atoms with Gasteiger partial charge in [0, 0.05) is 31.9 Å². The Labute approximate surface area is 120 Å². The summed E-state index contributed by atoms with van der Waals surface area (Å²) in [6.45, 7) is 1.43. The summed E-state index contributed by atoms with van der Waals surface area (Å²) in [5.74, 6) is 0. The van der Waals surface area contributed by atoms with Gasteiger partial charge in [-0.25, -0.2) is 8.42 Å². The normalized spacial score (nSPS) is 18.6. The highest BCUT2D eigenvalue weighted by Gasteiger charge is 2.30. The summed E-state index contributed by atoms with van der Waals surface area (Å²) in [4.78, 5) is 6.46. The lowest BCUT2D eigenvalue weighted by atomic mass is 10.1. The number of aromatic nitrogens is 1. The second-order valence-corrected chi connectivity index (χ2v) is 7.23. The van der Waals surface area contributed by atoms with Crippen LogP contribution in [0.1, 0.15) is 18.5 Å². The Bertz CT molecular complexity index is 534. The minimum absolute atomic E-state index is 0.248. The average Bonchev–Trinajstić information content (AvgIpc) is 2.47. The molecular weight excluding hydrogens is 276 g/mol. The van der Waals surface area contributed by atoms with Crippen LogP contribution in [-0.4, -0.2) is 55.8 Å². The van der Waals surface area contributed by atoms with Crippen molar-refractivity contribution in [1.82, 2.24) is 14.2 Å². The number of rotatable bonds is 4. The molecule has 2 heterocycles. The molecular formula is C13H22N4O2S. The molecule has 0 unspecified atom stereocenters. The maximum absolute atomic E-state index is 12.5. The second-order valence-electron chi connectivity index (χ2n) is 5.29. The van der Waals surface area contributed by atoms with Crippen molar-refractivity contribution >= 4 is 10.0 Å². The molecule has 0 spiro atoms. The monoisotopic (exact) mass is 298 g/mol. The van der Waals surface area contributed by atoms with Crippen LogP contribution in [0.4, 0.5) is 0 Å². The standard InChI is InChI=1S/C13H22N4O2S/c1-16(2)12-5-7-17(8-6-12)20(18,19)13-4-3-11(9-14)15-10-13/h3-4,10,12H,5-9,14H2,1-2H3. The van der Waals surface area contributed by atoms with E-state index >= 15 is 0 Å². The lowest BCUT2D eigenvalue weighted by Gasteiger charge is -2.34. The van der Waals surface area contributed by atoms with Crippen molar-refractivity contribution in [2.24, 2.45) is 5.73 Å². The molecule has 0 radical (unpaired) electrons. The number of piperidine rings is 1. The van der Waals surface area contributed by atoms with Gasteiger partial charge in [-0.2, -0.15) is 4.31 Å². The van der Waals surface area contributed by atoms with Crippen LogP contribution in [-0.2, 0) is 16.6 Å². The molecule has 0 amide bonds. The van der Waals surface area contributed by atoms with E-state index in [1.165, 1.54) is 6.20 Å². The van der Waals surface area contributed by atoms with E-state index in [1.54, 1.807) is 16.4 Å². The highest BCUT2D eigenvalue weighted by Crippen LogP contribution is 2.21. The lowest BCUT2D eigenvalue weighted by Crippen LogP contribution is -2.44. The molecule has 7 heteroatoms. The quantitative estimate of drug-likeness (QED) is 0.862. The summed E-state index contributed by atoms with van der Waals surface area (Å²) in [6.07, 6.45) is 3.12. The molecule has 1 aliphatic heterocycles. The molecule has 0 atom stereocenters. The molecule has 0 bridgehead atoms. The van der Waals surface area contributed by atoms with Gasteiger partial charge in [0.05, 0.1) is 5.69 Å². The van der Waals surface area contributed by atoms with Crippen molar-refractivity contribution in [3.05, 3.63) is 24.0 Å². The molecule has 2 rings (SSSR count). The SMILES string of the molecule is CN(C)C1CCN(S(=O)(=O)c2ccc(CN)nc2)CC1. The van der Waals surface area contributed by atoms with Crippen LogP contribution < -0.4 is 5.73 Å². The summed E-state index contributed by atoms with van der Waals surface area (Å²) < 4.78 is 26.6. The van der Waals surface area contributed by atoms with Gasteiger partial charge in [-0.05, 0) is 39.1 Å². The Morgan fingerprint density at radius 1 is 1.35 bits per heavy atom. The Kier molecular flexibility index (Phi) is 4.74. The van der Waals surface area contributed by atoms with E-state index in [9.17, 15) is 8.42 Å². The molecule has 1 fully saturated rings. The Morgan fingerprint density at radius 2 is 2.00 bits per heavy atom. The maximum Gasteiger partial charge on any atom is 0.244 e. The van der Waals surface area contributed by atoms with E-state index in [0.717, 1.165) is 12.8 Å². The first-order valence-corrected chi connectivity index (χ1v) is 8.20. The van der Waals surface area contributed by atoms with Crippen molar-refractivity contribution in [2.75, 3.05) is 27.2 Å². The van der Waals surface area contributed by atoms with Crippen LogP contribution in [0, 0.1) is 0 Å². The number of hydrogen-bond acceptors (Lipinski definition) is 5. The highest BCUT2D eigenvalue weighted by molar-refractivity contribution is 7.89. The largest absolute Gasteiger partial charge is 0.325 e. The van der Waals surface area contributed by atoms with Gasteiger partial charge < -0.3 is 10.6 Å². The summed E-state index contributed by atoms with van der Waals surface area (Å²) in [5, 5.41) is 0. The van der Waals surface area contributed by atoms with Gasteiger partial charge in [0.25, 0.3) is 0 Å². The fraction of sp³-hybridized carbons (Fsp3) is 0.615. The molecule has 20 heavy (non-hydrogen) atoms. The van der Waals surface area contributed by atoms with E-state index < -0.39 is 10.0 Å². The Morgan fingerprint density at radius 3 is 2.45 bits per heavy atom. The number of sulfonamides is 1. The van der Waals surface area contributed by atoms with Gasteiger partial charge >= 0.3 is 0 Å². The number of nitrogens with zero attached hydrogens (tertiary/aromatic N) is 3. The topological polar surface area (TPSA) is 79.5 Å². The van der Waals surface area contributed by atoms with Gasteiger partial charge in [0.1, 0.15) is 4.90 Å². The Hall–Kier alpha value is -1.02. The lowest BCUT2D eigenvalue weighted by molar-refractivity contribution is 0.196. The van der Waals surface area contributed by atoms with Crippen molar-refractivity contribution in [2.45, 2.75) is 30.3 Å².